The van der Waals surface area contributed by atoms with Gasteiger partial charge in [-0.2, -0.15) is 4.37 Å². The summed E-state index contributed by atoms with van der Waals surface area (Å²) in [5, 5.41) is 26.8. The zero-order valence-electron chi connectivity index (χ0n) is 14.8. The molecule has 0 saturated carbocycles. The van der Waals surface area contributed by atoms with E-state index in [0.29, 0.717) is 34.4 Å². The van der Waals surface area contributed by atoms with Crippen LogP contribution in [0, 0.1) is 0 Å². The average Bonchev–Trinajstić information content (AvgIpc) is 3.04. The van der Waals surface area contributed by atoms with Crippen LogP contribution in [0.1, 0.15) is 19.8 Å². The maximum Gasteiger partial charge on any atom is 0.238 e. The second-order valence-electron chi connectivity index (χ2n) is 5.91. The Bertz CT molecular complexity index is 1170. The van der Waals surface area contributed by atoms with E-state index in [9.17, 15) is 18.3 Å². The van der Waals surface area contributed by atoms with Crippen LogP contribution in [0.25, 0.3) is 10.9 Å². The largest absolute Gasteiger partial charge is 0.506 e. The molecular weight excluding hydrogens is 402 g/mol. The third kappa shape index (κ3) is 4.50. The Labute approximate surface area is 165 Å². The maximum absolute atomic E-state index is 11.7. The normalized spacial score (nSPS) is 11.9. The number of hydrogen-bond acceptors (Lipinski definition) is 8. The van der Waals surface area contributed by atoms with Gasteiger partial charge in [-0.25, -0.2) is 13.6 Å². The summed E-state index contributed by atoms with van der Waals surface area (Å²) in [5.74, 6) is -0.291. The number of sulfonamides is 1. The molecule has 0 bridgehead atoms. The first-order valence-corrected chi connectivity index (χ1v) is 10.6. The highest BCUT2D eigenvalue weighted by Gasteiger charge is 2.13. The quantitative estimate of drug-likeness (QED) is 0.410. The number of amides is 1. The van der Waals surface area contributed by atoms with Crippen LogP contribution in [-0.2, 0) is 14.8 Å². The molecule has 0 aliphatic heterocycles. The van der Waals surface area contributed by atoms with Crippen molar-refractivity contribution in [3.05, 3.63) is 36.4 Å². The number of nitrogens with zero attached hydrogens (tertiary/aromatic N) is 3. The first-order valence-electron chi connectivity index (χ1n) is 8.25. The van der Waals surface area contributed by atoms with Crippen LogP contribution in [-0.4, -0.2) is 23.8 Å². The smallest absolute Gasteiger partial charge is 0.238 e. The van der Waals surface area contributed by atoms with Crippen molar-refractivity contribution in [1.29, 1.82) is 0 Å². The number of anilines is 1. The average molecular weight is 419 g/mol. The number of carbonyl (C=O) groups excluding carboxylic acids is 1. The van der Waals surface area contributed by atoms with Crippen LogP contribution in [0.4, 0.5) is 16.4 Å². The summed E-state index contributed by atoms with van der Waals surface area (Å²) in [7, 11) is -3.85. The molecule has 1 amide bonds. The number of rotatable bonds is 6. The highest BCUT2D eigenvalue weighted by molar-refractivity contribution is 7.89. The fourth-order valence-electron chi connectivity index (χ4n) is 2.39. The predicted octanol–water partition coefficient (Wildman–Crippen LogP) is 3.80. The van der Waals surface area contributed by atoms with E-state index >= 15 is 0 Å². The van der Waals surface area contributed by atoms with Gasteiger partial charge in [-0.3, -0.25) is 4.79 Å². The number of fused-ring (bicyclic) bond motifs is 1. The van der Waals surface area contributed by atoms with E-state index < -0.39 is 10.0 Å². The number of aromatic hydroxyl groups is 1. The molecule has 4 N–H and O–H groups in total. The topological polar surface area (TPSA) is 147 Å². The van der Waals surface area contributed by atoms with Crippen LogP contribution in [0.5, 0.6) is 5.75 Å². The Morgan fingerprint density at radius 1 is 1.25 bits per heavy atom. The molecule has 0 fully saturated rings. The van der Waals surface area contributed by atoms with E-state index in [-0.39, 0.29) is 22.2 Å². The minimum Gasteiger partial charge on any atom is -0.506 e. The van der Waals surface area contributed by atoms with Crippen LogP contribution in [0.15, 0.2) is 51.5 Å². The molecule has 2 aromatic carbocycles. The molecule has 3 aromatic rings. The van der Waals surface area contributed by atoms with Gasteiger partial charge in [0.25, 0.3) is 0 Å². The Balaban J connectivity index is 1.90. The number of nitrogens with two attached hydrogens (primary N) is 1. The minimum absolute atomic E-state index is 0.0396. The molecule has 11 heteroatoms. The molecule has 0 aliphatic rings. The molecule has 0 unspecified atom stereocenters. The number of aromatic nitrogens is 1. The molecule has 28 heavy (non-hydrogen) atoms. The lowest BCUT2D eigenvalue weighted by atomic mass is 10.2. The van der Waals surface area contributed by atoms with Gasteiger partial charge < -0.3 is 10.4 Å². The van der Waals surface area contributed by atoms with Gasteiger partial charge in [0, 0.05) is 11.8 Å². The summed E-state index contributed by atoms with van der Waals surface area (Å²) in [5.41, 5.74) is 1.21. The van der Waals surface area contributed by atoms with E-state index in [2.05, 4.69) is 19.9 Å². The monoisotopic (exact) mass is 419 g/mol. The van der Waals surface area contributed by atoms with Gasteiger partial charge in [0.15, 0.2) is 5.00 Å². The van der Waals surface area contributed by atoms with E-state index in [1.54, 1.807) is 6.07 Å². The van der Waals surface area contributed by atoms with Gasteiger partial charge in [-0.05, 0) is 54.4 Å². The van der Waals surface area contributed by atoms with E-state index in [1.165, 1.54) is 30.3 Å². The third-order valence-corrected chi connectivity index (χ3v) is 5.42. The fraction of sp³-hybridized carbons (Fsp3) is 0.176. The summed E-state index contributed by atoms with van der Waals surface area (Å²) < 4.78 is 27.3. The summed E-state index contributed by atoms with van der Waals surface area (Å²) in [6.45, 7) is 1.88. The summed E-state index contributed by atoms with van der Waals surface area (Å²) in [6.07, 6.45) is 1.02. The maximum atomic E-state index is 11.7. The number of phenols is 1. The number of phenolic OH excluding ortho intramolecular Hbond substituents is 1. The summed E-state index contributed by atoms with van der Waals surface area (Å²) in [4.78, 5) is 11.7. The molecular formula is C17H17N5O4S2. The molecule has 146 valence electrons. The second kappa shape index (κ2) is 8.00. The van der Waals surface area contributed by atoms with Crippen molar-refractivity contribution in [2.45, 2.75) is 24.7 Å². The lowest BCUT2D eigenvalue weighted by Crippen LogP contribution is -2.11. The summed E-state index contributed by atoms with van der Waals surface area (Å²) in [6, 6.07) is 8.75. The van der Waals surface area contributed by atoms with Crippen molar-refractivity contribution in [2.24, 2.45) is 15.4 Å². The molecule has 0 atom stereocenters. The van der Waals surface area contributed by atoms with Gasteiger partial charge >= 0.3 is 0 Å². The first kappa shape index (κ1) is 19.9. The zero-order chi connectivity index (χ0) is 20.3. The number of nitrogens with one attached hydrogen (secondary N) is 1. The second-order valence-corrected chi connectivity index (χ2v) is 8.22. The van der Waals surface area contributed by atoms with Crippen LogP contribution in [0.2, 0.25) is 0 Å². The molecule has 1 heterocycles. The Morgan fingerprint density at radius 3 is 2.75 bits per heavy atom. The number of carbonyl (C=O) groups is 1. The van der Waals surface area contributed by atoms with Crippen molar-refractivity contribution in [3.63, 3.8) is 0 Å². The summed E-state index contributed by atoms with van der Waals surface area (Å²) >= 11 is 1.06. The molecule has 0 spiro atoms. The lowest BCUT2D eigenvalue weighted by Gasteiger charge is -2.07. The van der Waals surface area contributed by atoms with Crippen molar-refractivity contribution in [1.82, 2.24) is 4.37 Å². The first-order chi connectivity index (χ1) is 13.3. The third-order valence-electron chi connectivity index (χ3n) is 3.75. The Hall–Kier alpha value is -2.89. The van der Waals surface area contributed by atoms with Crippen molar-refractivity contribution in [3.8, 4) is 5.75 Å². The van der Waals surface area contributed by atoms with Crippen LogP contribution >= 0.6 is 11.5 Å². The Morgan fingerprint density at radius 2 is 2.04 bits per heavy atom. The van der Waals surface area contributed by atoms with Gasteiger partial charge in [0.05, 0.1) is 21.8 Å². The number of benzene rings is 2. The number of primary sulfonamides is 1. The molecule has 3 rings (SSSR count). The SMILES string of the molecule is CCCC(=O)Nc1cc(N=Nc2snc3ccc(S(N)(=O)=O)cc23)ccc1O. The predicted molar refractivity (Wildman–Crippen MR) is 107 cm³/mol. The zero-order valence-corrected chi connectivity index (χ0v) is 16.4. The highest BCUT2D eigenvalue weighted by atomic mass is 32.2. The van der Waals surface area contributed by atoms with Crippen molar-refractivity contribution in [2.75, 3.05) is 5.32 Å². The fourth-order valence-corrected chi connectivity index (χ4v) is 3.61. The van der Waals surface area contributed by atoms with Crippen molar-refractivity contribution >= 4 is 54.7 Å². The molecule has 0 aliphatic carbocycles. The molecule has 0 saturated heterocycles. The van der Waals surface area contributed by atoms with E-state index in [0.717, 1.165) is 11.5 Å². The Kier molecular flexibility index (Phi) is 5.68. The van der Waals surface area contributed by atoms with Crippen LogP contribution < -0.4 is 10.5 Å². The van der Waals surface area contributed by atoms with E-state index in [4.69, 9.17) is 5.14 Å². The van der Waals surface area contributed by atoms with Gasteiger partial charge in [-0.1, -0.05) is 6.92 Å². The highest BCUT2D eigenvalue weighted by Crippen LogP contribution is 2.34. The lowest BCUT2D eigenvalue weighted by molar-refractivity contribution is -0.116. The van der Waals surface area contributed by atoms with Gasteiger partial charge in [0.1, 0.15) is 5.75 Å². The van der Waals surface area contributed by atoms with Gasteiger partial charge in [0.2, 0.25) is 15.9 Å². The molecule has 1 aromatic heterocycles. The number of azo groups is 1. The van der Waals surface area contributed by atoms with E-state index in [1.807, 2.05) is 6.92 Å². The van der Waals surface area contributed by atoms with Crippen LogP contribution in [0.3, 0.4) is 0 Å². The molecule has 0 radical (unpaired) electrons. The van der Waals surface area contributed by atoms with Gasteiger partial charge in [-0.15, -0.1) is 10.2 Å². The minimum atomic E-state index is -3.85. The molecule has 9 nitrogen and oxygen atoms in total. The number of hydrogen-bond donors (Lipinski definition) is 3. The van der Waals surface area contributed by atoms with Crippen molar-refractivity contribution < 1.29 is 18.3 Å². The standard InChI is InChI=1S/C17H17N5O4S2/c1-2-3-16(24)19-14-8-10(4-7-15(14)23)20-21-17-12-9-11(28(18,25)26)5-6-13(12)22-27-17/h4-9,23H,2-3H2,1H3,(H,19,24)(H2,18,25,26).